The van der Waals surface area contributed by atoms with Gasteiger partial charge >= 0.3 is 5.91 Å². The number of hydrogen-bond donors (Lipinski definition) is 2. The van der Waals surface area contributed by atoms with Gasteiger partial charge in [0.15, 0.2) is 5.76 Å². The van der Waals surface area contributed by atoms with Gasteiger partial charge in [0.25, 0.3) is 5.91 Å². The number of nitrogens with one attached hydrogen (secondary N) is 2. The maximum absolute atomic E-state index is 12.0. The Morgan fingerprint density at radius 3 is 2.41 bits per heavy atom. The van der Waals surface area contributed by atoms with Gasteiger partial charge in [-0.05, 0) is 37.3 Å². The van der Waals surface area contributed by atoms with E-state index in [2.05, 4.69) is 10.9 Å². The van der Waals surface area contributed by atoms with Gasteiger partial charge in [-0.1, -0.05) is 29.8 Å². The number of benzene rings is 2. The summed E-state index contributed by atoms with van der Waals surface area (Å²) in [5.74, 6) is -0.743. The molecule has 2 amide bonds. The Labute approximate surface area is 126 Å². The van der Waals surface area contributed by atoms with E-state index in [1.165, 1.54) is 0 Å². The number of amides is 2. The summed E-state index contributed by atoms with van der Waals surface area (Å²) in [5.41, 5.74) is 6.87. The maximum Gasteiger partial charge on any atom is 0.305 e. The number of carbonyl (C=O) groups excluding carboxylic acids is 2. The van der Waals surface area contributed by atoms with Gasteiger partial charge in [0.2, 0.25) is 0 Å². The molecule has 3 aromatic rings. The number of hydrazine groups is 1. The van der Waals surface area contributed by atoms with E-state index in [0.29, 0.717) is 11.1 Å². The lowest BCUT2D eigenvalue weighted by molar-refractivity contribution is 0.0832. The number of hydrogen-bond acceptors (Lipinski definition) is 3. The lowest BCUT2D eigenvalue weighted by Gasteiger charge is -2.05. The Hall–Kier alpha value is -3.08. The molecule has 0 fully saturated rings. The van der Waals surface area contributed by atoms with Crippen LogP contribution in [0.4, 0.5) is 0 Å². The third kappa shape index (κ3) is 2.83. The molecule has 0 saturated heterocycles. The SMILES string of the molecule is Cc1ccc2oc(C(=O)NNC(=O)c3ccccc3)cc2c1. The summed E-state index contributed by atoms with van der Waals surface area (Å²) in [5, 5.41) is 0.847. The molecule has 2 aromatic carbocycles. The van der Waals surface area contributed by atoms with E-state index >= 15 is 0 Å². The molecule has 1 heterocycles. The van der Waals surface area contributed by atoms with Gasteiger partial charge in [-0.25, -0.2) is 0 Å². The van der Waals surface area contributed by atoms with Gasteiger partial charge in [0.1, 0.15) is 5.58 Å². The molecule has 22 heavy (non-hydrogen) atoms. The van der Waals surface area contributed by atoms with Crippen molar-refractivity contribution < 1.29 is 14.0 Å². The lowest BCUT2D eigenvalue weighted by Crippen LogP contribution is -2.41. The summed E-state index contributed by atoms with van der Waals surface area (Å²) in [6, 6.07) is 15.9. The molecule has 0 unspecified atom stereocenters. The van der Waals surface area contributed by atoms with E-state index < -0.39 is 5.91 Å². The van der Waals surface area contributed by atoms with Crippen molar-refractivity contribution in [3.05, 3.63) is 71.5 Å². The predicted molar refractivity (Wildman–Crippen MR) is 82.3 cm³/mol. The lowest BCUT2D eigenvalue weighted by atomic mass is 10.2. The zero-order valence-electron chi connectivity index (χ0n) is 11.9. The highest BCUT2D eigenvalue weighted by Crippen LogP contribution is 2.20. The molecule has 0 radical (unpaired) electrons. The number of rotatable bonds is 2. The van der Waals surface area contributed by atoms with E-state index in [4.69, 9.17) is 4.42 Å². The van der Waals surface area contributed by atoms with Gasteiger partial charge in [0, 0.05) is 10.9 Å². The standard InChI is InChI=1S/C17H14N2O3/c1-11-7-8-14-13(9-11)10-15(22-14)17(21)19-18-16(20)12-5-3-2-4-6-12/h2-10H,1H3,(H,18,20)(H,19,21). The van der Waals surface area contributed by atoms with Crippen molar-refractivity contribution >= 4 is 22.8 Å². The highest BCUT2D eigenvalue weighted by atomic mass is 16.3. The van der Waals surface area contributed by atoms with Crippen LogP contribution in [-0.4, -0.2) is 11.8 Å². The predicted octanol–water partition coefficient (Wildman–Crippen LogP) is 2.82. The summed E-state index contributed by atoms with van der Waals surface area (Å²) in [4.78, 5) is 23.9. The van der Waals surface area contributed by atoms with Crippen molar-refractivity contribution in [3.63, 3.8) is 0 Å². The van der Waals surface area contributed by atoms with Crippen LogP contribution in [0, 0.1) is 6.92 Å². The Balaban J connectivity index is 1.69. The molecule has 0 atom stereocenters. The number of fused-ring (bicyclic) bond motifs is 1. The fourth-order valence-corrected chi connectivity index (χ4v) is 2.11. The second-order valence-corrected chi connectivity index (χ2v) is 4.93. The number of furan rings is 1. The van der Waals surface area contributed by atoms with Crippen molar-refractivity contribution in [2.75, 3.05) is 0 Å². The van der Waals surface area contributed by atoms with Gasteiger partial charge < -0.3 is 4.42 Å². The summed E-state index contributed by atoms with van der Waals surface area (Å²) < 4.78 is 5.46. The molecule has 5 nitrogen and oxygen atoms in total. The molecule has 0 saturated carbocycles. The molecule has 3 rings (SSSR count). The molecule has 0 aliphatic carbocycles. The fourth-order valence-electron chi connectivity index (χ4n) is 2.11. The summed E-state index contributed by atoms with van der Waals surface area (Å²) in [6.45, 7) is 1.96. The third-order valence-electron chi connectivity index (χ3n) is 3.22. The Morgan fingerprint density at radius 1 is 0.909 bits per heavy atom. The number of aryl methyl sites for hydroxylation is 1. The average Bonchev–Trinajstić information content (AvgIpc) is 2.96. The molecule has 2 N–H and O–H groups in total. The van der Waals surface area contributed by atoms with Crippen LogP contribution in [0.2, 0.25) is 0 Å². The van der Waals surface area contributed by atoms with E-state index in [1.54, 1.807) is 30.3 Å². The minimum Gasteiger partial charge on any atom is -0.451 e. The van der Waals surface area contributed by atoms with Crippen LogP contribution in [0.5, 0.6) is 0 Å². The highest BCUT2D eigenvalue weighted by molar-refractivity contribution is 5.99. The molecule has 110 valence electrons. The fraction of sp³-hybridized carbons (Fsp3) is 0.0588. The maximum atomic E-state index is 12.0. The van der Waals surface area contributed by atoms with E-state index in [1.807, 2.05) is 31.2 Å². The Kier molecular flexibility index (Phi) is 3.62. The first-order chi connectivity index (χ1) is 10.6. The van der Waals surface area contributed by atoms with Crippen LogP contribution in [0.15, 0.2) is 59.0 Å². The van der Waals surface area contributed by atoms with Crippen molar-refractivity contribution in [1.29, 1.82) is 0 Å². The topological polar surface area (TPSA) is 71.3 Å². The minimum absolute atomic E-state index is 0.147. The van der Waals surface area contributed by atoms with Crippen LogP contribution in [0.1, 0.15) is 26.5 Å². The first-order valence-electron chi connectivity index (χ1n) is 6.79. The van der Waals surface area contributed by atoms with Crippen LogP contribution < -0.4 is 10.9 Å². The van der Waals surface area contributed by atoms with Crippen LogP contribution >= 0.6 is 0 Å². The summed E-state index contributed by atoms with van der Waals surface area (Å²) >= 11 is 0. The zero-order chi connectivity index (χ0) is 15.5. The van der Waals surface area contributed by atoms with Crippen LogP contribution in [0.25, 0.3) is 11.0 Å². The molecule has 0 aliphatic rings. The van der Waals surface area contributed by atoms with Crippen LogP contribution in [-0.2, 0) is 0 Å². The van der Waals surface area contributed by atoms with Crippen molar-refractivity contribution in [1.82, 2.24) is 10.9 Å². The summed E-state index contributed by atoms with van der Waals surface area (Å²) in [6.07, 6.45) is 0. The van der Waals surface area contributed by atoms with Gasteiger partial charge in [-0.2, -0.15) is 0 Å². The minimum atomic E-state index is -0.502. The van der Waals surface area contributed by atoms with Crippen molar-refractivity contribution in [2.45, 2.75) is 6.92 Å². The largest absolute Gasteiger partial charge is 0.451 e. The van der Waals surface area contributed by atoms with E-state index in [9.17, 15) is 9.59 Å². The quantitative estimate of drug-likeness (QED) is 0.714. The average molecular weight is 294 g/mol. The second-order valence-electron chi connectivity index (χ2n) is 4.93. The van der Waals surface area contributed by atoms with Gasteiger partial charge in [-0.15, -0.1) is 0 Å². The molecule has 0 bridgehead atoms. The molecule has 1 aromatic heterocycles. The Bertz CT molecular complexity index is 837. The van der Waals surface area contributed by atoms with Crippen LogP contribution in [0.3, 0.4) is 0 Å². The first kappa shape index (κ1) is 13.9. The second kappa shape index (κ2) is 5.73. The summed E-state index contributed by atoms with van der Waals surface area (Å²) in [7, 11) is 0. The third-order valence-corrected chi connectivity index (χ3v) is 3.22. The monoisotopic (exact) mass is 294 g/mol. The number of carbonyl (C=O) groups is 2. The van der Waals surface area contributed by atoms with Gasteiger partial charge in [-0.3, -0.25) is 20.4 Å². The highest BCUT2D eigenvalue weighted by Gasteiger charge is 2.13. The van der Waals surface area contributed by atoms with Crippen molar-refractivity contribution in [2.24, 2.45) is 0 Å². The molecule has 0 spiro atoms. The first-order valence-corrected chi connectivity index (χ1v) is 6.79. The zero-order valence-corrected chi connectivity index (χ0v) is 11.9. The molecular weight excluding hydrogens is 280 g/mol. The van der Waals surface area contributed by atoms with E-state index in [0.717, 1.165) is 10.9 Å². The Morgan fingerprint density at radius 2 is 1.64 bits per heavy atom. The molecule has 0 aliphatic heterocycles. The molecular formula is C17H14N2O3. The normalized spacial score (nSPS) is 10.4. The molecule has 5 heteroatoms. The van der Waals surface area contributed by atoms with E-state index in [-0.39, 0.29) is 11.7 Å². The van der Waals surface area contributed by atoms with Crippen molar-refractivity contribution in [3.8, 4) is 0 Å². The smallest absolute Gasteiger partial charge is 0.305 e. The van der Waals surface area contributed by atoms with Gasteiger partial charge in [0.05, 0.1) is 0 Å².